The minimum Gasteiger partial charge on any atom is -0.441 e. The molecule has 4 rings (SSSR count). The number of rotatable bonds is 6. The van der Waals surface area contributed by atoms with Crippen LogP contribution in [0.1, 0.15) is 25.0 Å². The van der Waals surface area contributed by atoms with E-state index in [-0.39, 0.29) is 34.9 Å². The predicted molar refractivity (Wildman–Crippen MR) is 113 cm³/mol. The summed E-state index contributed by atoms with van der Waals surface area (Å²) in [6.07, 6.45) is -1.85. The summed E-state index contributed by atoms with van der Waals surface area (Å²) in [6, 6.07) is 5.49. The molecule has 3 heterocycles. The summed E-state index contributed by atoms with van der Waals surface area (Å²) in [5.74, 6) is -2.43. The third-order valence-corrected chi connectivity index (χ3v) is 5.35. The number of aryl methyl sites for hydroxylation is 1. The standard InChI is InChI=1S/C21H17F3N8O3/c1-10(13-5-11(22)7-27-17(13)24)35-20(34)29-18-16(30-31-32(18)2)14-4-3-12(8-26-14)28-19(33)21(9-25)6-15(21)23/h3-5,7-8,10,15H,6H2,1-2H3,(H,28,33)(H,29,34)/t10-,15-,21+/m1/s1. The predicted octanol–water partition coefficient (Wildman–Crippen LogP) is 3.05. The van der Waals surface area contributed by atoms with E-state index in [0.717, 1.165) is 6.07 Å². The average Bonchev–Trinajstić information content (AvgIpc) is 3.38. The van der Waals surface area contributed by atoms with E-state index in [9.17, 15) is 22.8 Å². The van der Waals surface area contributed by atoms with Gasteiger partial charge in [-0.1, -0.05) is 5.21 Å². The molecule has 35 heavy (non-hydrogen) atoms. The molecule has 0 aliphatic heterocycles. The molecule has 3 atom stereocenters. The molecule has 14 heteroatoms. The molecular weight excluding hydrogens is 469 g/mol. The van der Waals surface area contributed by atoms with Gasteiger partial charge in [-0.05, 0) is 25.1 Å². The van der Waals surface area contributed by atoms with E-state index < -0.39 is 41.5 Å². The van der Waals surface area contributed by atoms with Crippen LogP contribution < -0.4 is 10.6 Å². The van der Waals surface area contributed by atoms with Crippen molar-refractivity contribution in [3.8, 4) is 17.5 Å². The number of halogens is 3. The van der Waals surface area contributed by atoms with Gasteiger partial charge in [0, 0.05) is 13.5 Å². The second-order valence-electron chi connectivity index (χ2n) is 7.76. The second-order valence-corrected chi connectivity index (χ2v) is 7.76. The maximum Gasteiger partial charge on any atom is 0.413 e. The highest BCUT2D eigenvalue weighted by atomic mass is 19.1. The molecule has 1 saturated carbocycles. The number of pyridine rings is 2. The monoisotopic (exact) mass is 486 g/mol. The highest BCUT2D eigenvalue weighted by Gasteiger charge is 2.62. The molecule has 11 nitrogen and oxygen atoms in total. The number of carbonyl (C=O) groups excluding carboxylic acids is 2. The summed E-state index contributed by atoms with van der Waals surface area (Å²) < 4.78 is 47.0. The minimum absolute atomic E-state index is 0.0889. The maximum absolute atomic E-state index is 13.8. The van der Waals surface area contributed by atoms with E-state index in [4.69, 9.17) is 10.00 Å². The molecule has 1 aliphatic rings. The van der Waals surface area contributed by atoms with E-state index in [0.29, 0.717) is 6.20 Å². The smallest absolute Gasteiger partial charge is 0.413 e. The van der Waals surface area contributed by atoms with Gasteiger partial charge in [0.2, 0.25) is 11.9 Å². The van der Waals surface area contributed by atoms with E-state index in [2.05, 4.69) is 30.9 Å². The van der Waals surface area contributed by atoms with Crippen molar-refractivity contribution < 1.29 is 27.5 Å². The molecule has 0 unspecified atom stereocenters. The lowest BCUT2D eigenvalue weighted by Gasteiger charge is -2.15. The first kappa shape index (κ1) is 23.6. The minimum atomic E-state index is -1.68. The topological polar surface area (TPSA) is 148 Å². The fourth-order valence-corrected chi connectivity index (χ4v) is 3.22. The molecular formula is C21H17F3N8O3. The summed E-state index contributed by atoms with van der Waals surface area (Å²) in [6.45, 7) is 1.35. The van der Waals surface area contributed by atoms with E-state index in [1.165, 1.54) is 37.0 Å². The van der Waals surface area contributed by atoms with Crippen LogP contribution in [0.5, 0.6) is 0 Å². The number of nitriles is 1. The Morgan fingerprint density at radius 3 is 2.66 bits per heavy atom. The van der Waals surface area contributed by atoms with Crippen LogP contribution in [0.2, 0.25) is 0 Å². The Kier molecular flexibility index (Phi) is 6.08. The lowest BCUT2D eigenvalue weighted by atomic mass is 10.1. The molecule has 180 valence electrons. The summed E-state index contributed by atoms with van der Waals surface area (Å²) in [7, 11) is 1.49. The van der Waals surface area contributed by atoms with Crippen LogP contribution in [-0.4, -0.2) is 43.1 Å². The number of aromatic nitrogens is 5. The van der Waals surface area contributed by atoms with Gasteiger partial charge in [0.25, 0.3) is 0 Å². The molecule has 0 bridgehead atoms. The summed E-state index contributed by atoms with van der Waals surface area (Å²) >= 11 is 0. The van der Waals surface area contributed by atoms with Crippen molar-refractivity contribution in [3.05, 3.63) is 47.9 Å². The Hall–Kier alpha value is -4.54. The third kappa shape index (κ3) is 4.60. The van der Waals surface area contributed by atoms with Gasteiger partial charge in [-0.2, -0.15) is 9.65 Å². The second kappa shape index (κ2) is 9.01. The van der Waals surface area contributed by atoms with Gasteiger partial charge in [0.05, 0.1) is 35.4 Å². The van der Waals surface area contributed by atoms with Crippen LogP contribution in [0.3, 0.4) is 0 Å². The lowest BCUT2D eigenvalue weighted by molar-refractivity contribution is -0.119. The fourth-order valence-electron chi connectivity index (χ4n) is 3.22. The summed E-state index contributed by atoms with van der Waals surface area (Å²) in [5.41, 5.74) is -1.29. The molecule has 3 aromatic rings. The molecule has 0 aromatic carbocycles. The van der Waals surface area contributed by atoms with Crippen molar-refractivity contribution in [3.63, 3.8) is 0 Å². The Balaban J connectivity index is 1.45. The number of ether oxygens (including phenoxy) is 1. The zero-order chi connectivity index (χ0) is 25.3. The number of nitrogens with zero attached hydrogens (tertiary/aromatic N) is 6. The molecule has 1 aliphatic carbocycles. The Morgan fingerprint density at radius 1 is 1.29 bits per heavy atom. The molecule has 0 radical (unpaired) electrons. The van der Waals surface area contributed by atoms with Crippen LogP contribution in [0.4, 0.5) is 29.5 Å². The number of anilines is 2. The SMILES string of the molecule is C[C@@H](OC(=O)Nc1c(-c2ccc(NC(=O)[C@]3(C#N)C[C@H]3F)cn2)nnn1C)c1cc(F)cnc1F. The van der Waals surface area contributed by atoms with E-state index in [1.807, 2.05) is 0 Å². The first-order valence-corrected chi connectivity index (χ1v) is 10.2. The normalized spacial score (nSPS) is 19.4. The van der Waals surface area contributed by atoms with Crippen LogP contribution >= 0.6 is 0 Å². The fraction of sp³-hybridized carbons (Fsp3) is 0.286. The van der Waals surface area contributed by atoms with Crippen LogP contribution in [0.15, 0.2) is 30.6 Å². The van der Waals surface area contributed by atoms with Crippen molar-refractivity contribution >= 4 is 23.5 Å². The summed E-state index contributed by atoms with van der Waals surface area (Å²) in [5, 5.41) is 21.7. The number of hydrogen-bond acceptors (Lipinski definition) is 8. The molecule has 0 spiro atoms. The molecule has 3 aromatic heterocycles. The number of carbonyl (C=O) groups is 2. The van der Waals surface area contributed by atoms with Crippen molar-refractivity contribution in [2.24, 2.45) is 12.5 Å². The first-order valence-electron chi connectivity index (χ1n) is 10.2. The van der Waals surface area contributed by atoms with Gasteiger partial charge >= 0.3 is 6.09 Å². The molecule has 1 fully saturated rings. The number of amides is 2. The zero-order valence-electron chi connectivity index (χ0n) is 18.3. The van der Waals surface area contributed by atoms with Gasteiger partial charge in [-0.15, -0.1) is 5.10 Å². The summed E-state index contributed by atoms with van der Waals surface area (Å²) in [4.78, 5) is 32.0. The van der Waals surface area contributed by atoms with Crippen molar-refractivity contribution in [1.29, 1.82) is 5.26 Å². The van der Waals surface area contributed by atoms with Gasteiger partial charge in [-0.3, -0.25) is 15.1 Å². The quantitative estimate of drug-likeness (QED) is 0.505. The molecule has 0 saturated heterocycles. The van der Waals surface area contributed by atoms with E-state index >= 15 is 0 Å². The highest BCUT2D eigenvalue weighted by molar-refractivity contribution is 6.00. The van der Waals surface area contributed by atoms with Gasteiger partial charge in [-0.25, -0.2) is 23.2 Å². The largest absolute Gasteiger partial charge is 0.441 e. The van der Waals surface area contributed by atoms with Crippen LogP contribution in [-0.2, 0) is 16.6 Å². The first-order chi connectivity index (χ1) is 16.6. The number of hydrogen-bond donors (Lipinski definition) is 2. The van der Waals surface area contributed by atoms with Gasteiger partial charge in [0.1, 0.15) is 18.1 Å². The Labute approximate surface area is 195 Å². The van der Waals surface area contributed by atoms with Gasteiger partial charge in [0.15, 0.2) is 16.9 Å². The number of alkyl halides is 1. The Morgan fingerprint density at radius 2 is 2.03 bits per heavy atom. The highest BCUT2D eigenvalue weighted by Crippen LogP contribution is 2.48. The van der Waals surface area contributed by atoms with Crippen LogP contribution in [0.25, 0.3) is 11.4 Å². The lowest BCUT2D eigenvalue weighted by Crippen LogP contribution is -2.25. The Bertz CT molecular complexity index is 1340. The number of nitrogens with one attached hydrogen (secondary N) is 2. The third-order valence-electron chi connectivity index (χ3n) is 5.35. The van der Waals surface area contributed by atoms with Crippen molar-refractivity contribution in [1.82, 2.24) is 25.0 Å². The molecule has 2 amide bonds. The molecule has 2 N–H and O–H groups in total. The van der Waals surface area contributed by atoms with Crippen molar-refractivity contribution in [2.75, 3.05) is 10.6 Å². The zero-order valence-corrected chi connectivity index (χ0v) is 18.3. The van der Waals surface area contributed by atoms with Gasteiger partial charge < -0.3 is 10.1 Å². The van der Waals surface area contributed by atoms with Crippen molar-refractivity contribution in [2.45, 2.75) is 25.6 Å². The van der Waals surface area contributed by atoms with Crippen LogP contribution in [0, 0.1) is 28.5 Å². The average molecular weight is 486 g/mol. The van der Waals surface area contributed by atoms with E-state index in [1.54, 1.807) is 6.07 Å². The maximum atomic E-state index is 13.8.